The fraction of sp³-hybridized carbons (Fsp3) is 0.412. The largest absolute Gasteiger partial charge is 0.369 e. The first-order valence-corrected chi connectivity index (χ1v) is 9.98. The zero-order valence-electron chi connectivity index (χ0n) is 13.7. The highest BCUT2D eigenvalue weighted by atomic mass is 32.2. The fourth-order valence-corrected chi connectivity index (χ4v) is 3.41. The van der Waals surface area contributed by atoms with E-state index in [1.807, 2.05) is 0 Å². The first-order chi connectivity index (χ1) is 11.5. The van der Waals surface area contributed by atoms with Crippen molar-refractivity contribution in [3.05, 3.63) is 36.7 Å². The topological polar surface area (TPSA) is 84.0 Å². The number of rotatable bonds is 5. The van der Waals surface area contributed by atoms with Gasteiger partial charge in [0.2, 0.25) is 0 Å². The van der Waals surface area contributed by atoms with Crippen molar-refractivity contribution in [2.75, 3.05) is 31.2 Å². The summed E-state index contributed by atoms with van der Waals surface area (Å²) in [5, 5.41) is 6.70. The maximum atomic E-state index is 11.5. The molecule has 1 saturated heterocycles. The molecule has 1 aliphatic rings. The lowest BCUT2D eigenvalue weighted by Gasteiger charge is -2.22. The van der Waals surface area contributed by atoms with Gasteiger partial charge >= 0.3 is 0 Å². The number of benzene rings is 1. The van der Waals surface area contributed by atoms with Crippen molar-refractivity contribution in [3.8, 4) is 11.3 Å². The van der Waals surface area contributed by atoms with Gasteiger partial charge in [0, 0.05) is 18.4 Å². The van der Waals surface area contributed by atoms with Crippen LogP contribution in [0.3, 0.4) is 0 Å². The van der Waals surface area contributed by atoms with Crippen molar-refractivity contribution in [2.24, 2.45) is 5.92 Å². The first kappa shape index (κ1) is 16.9. The zero-order valence-corrected chi connectivity index (χ0v) is 14.5. The number of aromatic nitrogens is 2. The molecule has 0 spiro atoms. The van der Waals surface area contributed by atoms with Crippen LogP contribution in [0.5, 0.6) is 0 Å². The monoisotopic (exact) mass is 346 g/mol. The minimum atomic E-state index is -3.18. The molecular weight excluding hydrogens is 324 g/mol. The van der Waals surface area contributed by atoms with Crippen molar-refractivity contribution in [1.29, 1.82) is 0 Å². The summed E-state index contributed by atoms with van der Waals surface area (Å²) in [4.78, 5) is 9.13. The van der Waals surface area contributed by atoms with E-state index in [-0.39, 0.29) is 0 Å². The summed E-state index contributed by atoms with van der Waals surface area (Å²) in [5.74, 6) is 1.45. The van der Waals surface area contributed by atoms with E-state index in [0.29, 0.717) is 10.8 Å². The van der Waals surface area contributed by atoms with Crippen LogP contribution in [0.2, 0.25) is 0 Å². The molecule has 0 bridgehead atoms. The Balaban J connectivity index is 1.63. The van der Waals surface area contributed by atoms with Crippen LogP contribution in [-0.4, -0.2) is 44.3 Å². The van der Waals surface area contributed by atoms with Gasteiger partial charge in [-0.15, -0.1) is 0 Å². The van der Waals surface area contributed by atoms with E-state index in [1.165, 1.54) is 19.1 Å². The molecule has 3 rings (SSSR count). The van der Waals surface area contributed by atoms with Gasteiger partial charge in [0.1, 0.15) is 5.82 Å². The van der Waals surface area contributed by atoms with Crippen molar-refractivity contribution < 1.29 is 8.42 Å². The SMILES string of the molecule is CS(=O)(=O)c1ccc(-c2cnc(NCC3CCNCC3)cn2)cc1. The van der Waals surface area contributed by atoms with Gasteiger partial charge in [0.25, 0.3) is 0 Å². The Bertz CT molecular complexity index is 767. The molecule has 2 aromatic rings. The van der Waals surface area contributed by atoms with Crippen LogP contribution in [0, 0.1) is 5.92 Å². The summed E-state index contributed by atoms with van der Waals surface area (Å²) in [6.45, 7) is 3.08. The number of hydrogen-bond acceptors (Lipinski definition) is 6. The lowest BCUT2D eigenvalue weighted by molar-refractivity contribution is 0.389. The molecule has 1 fully saturated rings. The maximum Gasteiger partial charge on any atom is 0.175 e. The Morgan fingerprint density at radius 3 is 2.42 bits per heavy atom. The predicted molar refractivity (Wildman–Crippen MR) is 94.7 cm³/mol. The summed E-state index contributed by atoms with van der Waals surface area (Å²) in [6, 6.07) is 6.69. The second-order valence-electron chi connectivity index (χ2n) is 6.16. The van der Waals surface area contributed by atoms with Crippen LogP contribution in [0.4, 0.5) is 5.82 Å². The third-order valence-corrected chi connectivity index (χ3v) is 5.39. The molecule has 0 radical (unpaired) electrons. The minimum absolute atomic E-state index is 0.305. The summed E-state index contributed by atoms with van der Waals surface area (Å²) < 4.78 is 23.0. The van der Waals surface area contributed by atoms with E-state index in [1.54, 1.807) is 36.7 Å². The fourth-order valence-electron chi connectivity index (χ4n) is 2.78. The van der Waals surface area contributed by atoms with Crippen LogP contribution in [0.25, 0.3) is 11.3 Å². The Morgan fingerprint density at radius 2 is 1.83 bits per heavy atom. The van der Waals surface area contributed by atoms with E-state index < -0.39 is 9.84 Å². The van der Waals surface area contributed by atoms with Crippen molar-refractivity contribution in [3.63, 3.8) is 0 Å². The van der Waals surface area contributed by atoms with E-state index in [4.69, 9.17) is 0 Å². The lowest BCUT2D eigenvalue weighted by atomic mass is 9.98. The maximum absolute atomic E-state index is 11.5. The van der Waals surface area contributed by atoms with Crippen molar-refractivity contribution >= 4 is 15.7 Å². The Morgan fingerprint density at radius 1 is 1.12 bits per heavy atom. The summed E-state index contributed by atoms with van der Waals surface area (Å²) in [5.41, 5.74) is 1.57. The first-order valence-electron chi connectivity index (χ1n) is 8.09. The normalized spacial score (nSPS) is 16.0. The molecule has 2 N–H and O–H groups in total. The molecule has 0 saturated carbocycles. The molecule has 0 aliphatic carbocycles. The van der Waals surface area contributed by atoms with Crippen molar-refractivity contribution in [1.82, 2.24) is 15.3 Å². The molecule has 2 heterocycles. The smallest absolute Gasteiger partial charge is 0.175 e. The van der Waals surface area contributed by atoms with Crippen LogP contribution in [-0.2, 0) is 9.84 Å². The van der Waals surface area contributed by atoms with E-state index in [0.717, 1.165) is 36.7 Å². The second kappa shape index (κ2) is 7.27. The Labute approximate surface area is 142 Å². The third kappa shape index (κ3) is 4.30. The zero-order chi connectivity index (χ0) is 17.0. The van der Waals surface area contributed by atoms with Gasteiger partial charge < -0.3 is 10.6 Å². The molecule has 0 atom stereocenters. The Kier molecular flexibility index (Phi) is 5.11. The summed E-state index contributed by atoms with van der Waals surface area (Å²) in [7, 11) is -3.18. The summed E-state index contributed by atoms with van der Waals surface area (Å²) in [6.07, 6.45) is 7.00. The van der Waals surface area contributed by atoms with E-state index in [9.17, 15) is 8.42 Å². The molecule has 6 nitrogen and oxygen atoms in total. The van der Waals surface area contributed by atoms with Gasteiger partial charge in [-0.3, -0.25) is 4.98 Å². The number of hydrogen-bond donors (Lipinski definition) is 2. The molecule has 0 unspecified atom stereocenters. The molecule has 1 aromatic heterocycles. The van der Waals surface area contributed by atoms with Gasteiger partial charge in [0.15, 0.2) is 9.84 Å². The summed E-state index contributed by atoms with van der Waals surface area (Å²) >= 11 is 0. The molecular formula is C17H22N4O2S. The average molecular weight is 346 g/mol. The molecule has 1 aromatic carbocycles. The molecule has 24 heavy (non-hydrogen) atoms. The minimum Gasteiger partial charge on any atom is -0.369 e. The van der Waals surface area contributed by atoms with E-state index >= 15 is 0 Å². The quantitative estimate of drug-likeness (QED) is 0.861. The Hall–Kier alpha value is -1.99. The lowest BCUT2D eigenvalue weighted by Crippen LogP contribution is -2.31. The van der Waals surface area contributed by atoms with Crippen LogP contribution in [0.15, 0.2) is 41.6 Å². The van der Waals surface area contributed by atoms with Gasteiger partial charge in [0.05, 0.1) is 23.0 Å². The van der Waals surface area contributed by atoms with Gasteiger partial charge in [-0.05, 0) is 44.0 Å². The average Bonchev–Trinajstić information content (AvgIpc) is 2.61. The number of piperidine rings is 1. The third-order valence-electron chi connectivity index (χ3n) is 4.26. The van der Waals surface area contributed by atoms with Gasteiger partial charge in [-0.1, -0.05) is 12.1 Å². The number of nitrogens with one attached hydrogen (secondary N) is 2. The molecule has 0 amide bonds. The van der Waals surface area contributed by atoms with Crippen LogP contribution >= 0.6 is 0 Å². The van der Waals surface area contributed by atoms with Crippen LogP contribution in [0.1, 0.15) is 12.8 Å². The molecule has 128 valence electrons. The molecule has 7 heteroatoms. The highest BCUT2D eigenvalue weighted by Gasteiger charge is 2.13. The standard InChI is InChI=1S/C17H22N4O2S/c1-24(22,23)15-4-2-14(3-5-15)16-11-21-17(12-19-16)20-10-13-6-8-18-9-7-13/h2-5,11-13,18H,6-10H2,1H3,(H,20,21). The predicted octanol–water partition coefficient (Wildman–Crippen LogP) is 1.96. The van der Waals surface area contributed by atoms with E-state index in [2.05, 4.69) is 20.6 Å². The van der Waals surface area contributed by atoms with Gasteiger partial charge in [-0.2, -0.15) is 0 Å². The number of sulfone groups is 1. The highest BCUT2D eigenvalue weighted by Crippen LogP contribution is 2.20. The van der Waals surface area contributed by atoms with Gasteiger partial charge in [-0.25, -0.2) is 13.4 Å². The number of anilines is 1. The van der Waals surface area contributed by atoms with Crippen LogP contribution < -0.4 is 10.6 Å². The highest BCUT2D eigenvalue weighted by molar-refractivity contribution is 7.90. The second-order valence-corrected chi connectivity index (χ2v) is 8.17. The number of nitrogens with zero attached hydrogens (tertiary/aromatic N) is 2. The van der Waals surface area contributed by atoms with Crippen molar-refractivity contribution in [2.45, 2.75) is 17.7 Å². The molecule has 1 aliphatic heterocycles.